The highest BCUT2D eigenvalue weighted by atomic mass is 16.7. The molecule has 0 aliphatic carbocycles. The van der Waals surface area contributed by atoms with E-state index >= 15 is 0 Å². The summed E-state index contributed by atoms with van der Waals surface area (Å²) in [4.78, 5) is 10.9. The molecule has 15 nitrogen and oxygen atoms in total. The molecule has 0 aromatic carbocycles. The molecule has 0 aromatic heterocycles. The lowest BCUT2D eigenvalue weighted by molar-refractivity contribution is -0.367. The first-order valence-electron chi connectivity index (χ1n) is 9.77. The molecule has 0 spiro atoms. The number of aliphatic hydroxyl groups is 10. The standard InChI is InChI=1S/C17H30O15/c18-1-5(22)14(6(23)2-19)31-17-13(28)15(10(25)8(4-21)30-17)32-16-12(27)11(26)9(24)7(3-20)29-16/h1,5-17,19-28H,2-4H2/t5?,6?,7-,8-,9+,10+,11+,12-,13-,14?,15+,16?,17?/m1/s1. The molecule has 2 saturated heterocycles. The van der Waals surface area contributed by atoms with E-state index in [9.17, 15) is 50.8 Å². The topological polar surface area (TPSA) is 256 Å². The van der Waals surface area contributed by atoms with Gasteiger partial charge in [0.2, 0.25) is 0 Å². The Bertz CT molecular complexity index is 578. The van der Waals surface area contributed by atoms with Gasteiger partial charge in [-0.05, 0) is 0 Å². The van der Waals surface area contributed by atoms with Crippen molar-refractivity contribution < 1.29 is 74.8 Å². The van der Waals surface area contributed by atoms with E-state index in [2.05, 4.69) is 0 Å². The molecule has 2 fully saturated rings. The average molecular weight is 474 g/mol. The Morgan fingerprint density at radius 3 is 1.88 bits per heavy atom. The smallest absolute Gasteiger partial charge is 0.187 e. The molecule has 0 amide bonds. The Labute approximate surface area is 181 Å². The molecule has 2 aliphatic rings. The molecule has 188 valence electrons. The van der Waals surface area contributed by atoms with Gasteiger partial charge >= 0.3 is 0 Å². The fourth-order valence-corrected chi connectivity index (χ4v) is 3.40. The summed E-state index contributed by atoms with van der Waals surface area (Å²) in [6, 6.07) is 0. The second kappa shape index (κ2) is 12.0. The second-order valence-corrected chi connectivity index (χ2v) is 7.48. The van der Waals surface area contributed by atoms with Crippen molar-refractivity contribution in [1.29, 1.82) is 0 Å². The van der Waals surface area contributed by atoms with Crippen LogP contribution in [-0.4, -0.2) is 157 Å². The van der Waals surface area contributed by atoms with Crippen molar-refractivity contribution in [1.82, 2.24) is 0 Å². The van der Waals surface area contributed by atoms with E-state index in [-0.39, 0.29) is 6.29 Å². The average Bonchev–Trinajstić information content (AvgIpc) is 2.80. The number of hydrogen-bond donors (Lipinski definition) is 10. The zero-order valence-corrected chi connectivity index (χ0v) is 16.7. The number of carbonyl (C=O) groups excluding carboxylic acids is 1. The maximum atomic E-state index is 10.9. The first kappa shape index (κ1) is 27.4. The lowest BCUT2D eigenvalue weighted by atomic mass is 9.97. The molecule has 0 radical (unpaired) electrons. The Morgan fingerprint density at radius 2 is 1.34 bits per heavy atom. The molecule has 0 aromatic rings. The number of rotatable bonds is 10. The van der Waals surface area contributed by atoms with Crippen LogP contribution in [0, 0.1) is 0 Å². The second-order valence-electron chi connectivity index (χ2n) is 7.48. The SMILES string of the molecule is O=CC(O)C(OC1O[C@H](CO)[C@H](O)[C@H](OC2O[C@H](CO)[C@H](O)[C@H](O)[C@H]2O)[C@H]1O)C(O)CO. The highest BCUT2D eigenvalue weighted by Crippen LogP contribution is 2.30. The normalized spacial score (nSPS) is 43.4. The maximum absolute atomic E-state index is 10.9. The van der Waals surface area contributed by atoms with Crippen LogP contribution in [0.2, 0.25) is 0 Å². The van der Waals surface area contributed by atoms with E-state index in [1.807, 2.05) is 0 Å². The number of hydrogen-bond acceptors (Lipinski definition) is 15. The van der Waals surface area contributed by atoms with Crippen LogP contribution >= 0.6 is 0 Å². The largest absolute Gasteiger partial charge is 0.394 e. The third-order valence-electron chi connectivity index (χ3n) is 5.30. The summed E-state index contributed by atoms with van der Waals surface area (Å²) in [7, 11) is 0. The predicted molar refractivity (Wildman–Crippen MR) is 96.4 cm³/mol. The molecule has 5 unspecified atom stereocenters. The van der Waals surface area contributed by atoms with Crippen molar-refractivity contribution in [3.63, 3.8) is 0 Å². The summed E-state index contributed by atoms with van der Waals surface area (Å²) >= 11 is 0. The molecule has 13 atom stereocenters. The molecule has 2 aliphatic heterocycles. The van der Waals surface area contributed by atoms with E-state index in [1.54, 1.807) is 0 Å². The highest BCUT2D eigenvalue weighted by Gasteiger charge is 2.51. The number of ether oxygens (including phenoxy) is 4. The number of aliphatic hydroxyl groups excluding tert-OH is 10. The highest BCUT2D eigenvalue weighted by molar-refractivity contribution is 5.56. The third kappa shape index (κ3) is 5.78. The van der Waals surface area contributed by atoms with Gasteiger partial charge in [-0.1, -0.05) is 0 Å². The monoisotopic (exact) mass is 474 g/mol. The minimum absolute atomic E-state index is 0.000930. The quantitative estimate of drug-likeness (QED) is 0.132. The van der Waals surface area contributed by atoms with Crippen LogP contribution in [0.4, 0.5) is 0 Å². The van der Waals surface area contributed by atoms with Crippen LogP contribution in [0.1, 0.15) is 0 Å². The van der Waals surface area contributed by atoms with Crippen LogP contribution in [-0.2, 0) is 23.7 Å². The molecule has 0 saturated carbocycles. The summed E-state index contributed by atoms with van der Waals surface area (Å²) in [5, 5.41) is 98.2. The van der Waals surface area contributed by atoms with E-state index in [1.165, 1.54) is 0 Å². The first-order chi connectivity index (χ1) is 15.1. The van der Waals surface area contributed by atoms with Crippen LogP contribution in [0.25, 0.3) is 0 Å². The minimum atomic E-state index is -1.95. The summed E-state index contributed by atoms with van der Waals surface area (Å²) in [5.74, 6) is 0. The van der Waals surface area contributed by atoms with Gasteiger partial charge in [-0.15, -0.1) is 0 Å². The molecule has 2 rings (SSSR count). The molecule has 0 bridgehead atoms. The van der Waals surface area contributed by atoms with Gasteiger partial charge in [0, 0.05) is 0 Å². The van der Waals surface area contributed by atoms with Crippen LogP contribution in [0.5, 0.6) is 0 Å². The van der Waals surface area contributed by atoms with Gasteiger partial charge in [-0.2, -0.15) is 0 Å². The lowest BCUT2D eigenvalue weighted by Crippen LogP contribution is -2.65. The predicted octanol–water partition coefficient (Wildman–Crippen LogP) is -7.09. The van der Waals surface area contributed by atoms with Crippen molar-refractivity contribution in [3.05, 3.63) is 0 Å². The summed E-state index contributed by atoms with van der Waals surface area (Å²) in [5.41, 5.74) is 0. The summed E-state index contributed by atoms with van der Waals surface area (Å²) < 4.78 is 21.0. The molecular weight excluding hydrogens is 444 g/mol. The zero-order valence-electron chi connectivity index (χ0n) is 16.7. The van der Waals surface area contributed by atoms with Crippen molar-refractivity contribution in [2.24, 2.45) is 0 Å². The van der Waals surface area contributed by atoms with Crippen molar-refractivity contribution in [2.45, 2.75) is 79.7 Å². The Balaban J connectivity index is 2.23. The van der Waals surface area contributed by atoms with E-state index in [4.69, 9.17) is 24.1 Å². The Morgan fingerprint density at radius 1 is 0.781 bits per heavy atom. The number of aldehydes is 1. The van der Waals surface area contributed by atoms with Crippen LogP contribution in [0.3, 0.4) is 0 Å². The van der Waals surface area contributed by atoms with Crippen LogP contribution < -0.4 is 0 Å². The first-order valence-corrected chi connectivity index (χ1v) is 9.77. The molecular formula is C17H30O15. The fraction of sp³-hybridized carbons (Fsp3) is 0.941. The number of carbonyl (C=O) groups is 1. The van der Waals surface area contributed by atoms with Gasteiger partial charge in [0.05, 0.1) is 19.8 Å². The third-order valence-corrected chi connectivity index (χ3v) is 5.30. The van der Waals surface area contributed by atoms with E-state index in [0.29, 0.717) is 0 Å². The molecule has 15 heteroatoms. The molecule has 2 heterocycles. The Hall–Kier alpha value is -0.890. The van der Waals surface area contributed by atoms with E-state index < -0.39 is 99.5 Å². The van der Waals surface area contributed by atoms with Gasteiger partial charge in [-0.25, -0.2) is 0 Å². The zero-order chi connectivity index (χ0) is 24.2. The van der Waals surface area contributed by atoms with Gasteiger partial charge in [0.15, 0.2) is 18.9 Å². The van der Waals surface area contributed by atoms with Crippen molar-refractivity contribution in [2.75, 3.05) is 19.8 Å². The van der Waals surface area contributed by atoms with Gasteiger partial charge in [0.25, 0.3) is 0 Å². The van der Waals surface area contributed by atoms with Crippen LogP contribution in [0.15, 0.2) is 0 Å². The van der Waals surface area contributed by atoms with Gasteiger partial charge in [-0.3, -0.25) is 0 Å². The molecule has 10 N–H and O–H groups in total. The van der Waals surface area contributed by atoms with E-state index in [0.717, 1.165) is 0 Å². The Kier molecular flexibility index (Phi) is 10.3. The lowest BCUT2D eigenvalue weighted by Gasteiger charge is -2.46. The molecule has 32 heavy (non-hydrogen) atoms. The summed E-state index contributed by atoms with van der Waals surface area (Å²) in [6.07, 6.45) is -22.7. The maximum Gasteiger partial charge on any atom is 0.187 e. The van der Waals surface area contributed by atoms with Gasteiger partial charge < -0.3 is 74.8 Å². The fourth-order valence-electron chi connectivity index (χ4n) is 3.40. The summed E-state index contributed by atoms with van der Waals surface area (Å²) in [6.45, 7) is -2.53. The minimum Gasteiger partial charge on any atom is -0.394 e. The van der Waals surface area contributed by atoms with Gasteiger partial charge in [0.1, 0.15) is 67.1 Å². The van der Waals surface area contributed by atoms with Crippen molar-refractivity contribution in [3.8, 4) is 0 Å². The van der Waals surface area contributed by atoms with Crippen molar-refractivity contribution >= 4 is 6.29 Å².